The molecule has 37 heteroatoms. The molecule has 0 aliphatic rings. The smallest absolute Gasteiger partial charge is 0.462 e. The summed E-state index contributed by atoms with van der Waals surface area (Å²) in [6.45, 7) is 22.2. The van der Waals surface area contributed by atoms with E-state index in [4.69, 9.17) is 80.4 Å². The van der Waals surface area contributed by atoms with Crippen molar-refractivity contribution in [2.45, 2.75) is 405 Å². The monoisotopic (exact) mass is 1880 g/mol. The predicted molar refractivity (Wildman–Crippen MR) is 508 cm³/mol. The van der Waals surface area contributed by atoms with E-state index in [9.17, 15) is 43.9 Å². The van der Waals surface area contributed by atoms with Gasteiger partial charge in [0.15, 0.2) is 0 Å². The quantitative estimate of drug-likeness (QED) is 0.00744. The Morgan fingerprint density at radius 3 is 0.789 bits per heavy atom. The van der Waals surface area contributed by atoms with E-state index in [1.165, 1.54) is 159 Å². The van der Waals surface area contributed by atoms with Crippen molar-refractivity contribution in [3.8, 4) is 0 Å². The molecular weight excluding hydrogens is 1710 g/mol. The fraction of sp³-hybridized carbons (Fsp3) is 0.890. The molecule has 2 amide bonds. The second-order valence-corrected chi connectivity index (χ2v) is 37.3. The first-order valence-electron chi connectivity index (χ1n) is 48.9. The van der Waals surface area contributed by atoms with Gasteiger partial charge in [-0.15, -0.1) is 19.7 Å². The van der Waals surface area contributed by atoms with Gasteiger partial charge in [-0.2, -0.15) is 0 Å². The van der Waals surface area contributed by atoms with Crippen LogP contribution in [0.5, 0.6) is 0 Å². The van der Waals surface area contributed by atoms with Crippen molar-refractivity contribution in [1.29, 1.82) is 0 Å². The maximum Gasteiger partial charge on any atom is 0.475 e. The van der Waals surface area contributed by atoms with Crippen LogP contribution in [0.1, 0.15) is 369 Å². The van der Waals surface area contributed by atoms with Gasteiger partial charge < -0.3 is 44.8 Å². The summed E-state index contributed by atoms with van der Waals surface area (Å²) >= 11 is 0. The fourth-order valence-electron chi connectivity index (χ4n) is 13.2. The Bertz CT molecular complexity index is 2850. The molecule has 128 heavy (non-hydrogen) atoms. The van der Waals surface area contributed by atoms with Gasteiger partial charge in [-0.3, -0.25) is 55.1 Å². The van der Waals surface area contributed by atoms with Crippen LogP contribution in [0.25, 0.3) is 31.3 Å². The van der Waals surface area contributed by atoms with Crippen molar-refractivity contribution < 1.29 is 102 Å². The molecule has 0 saturated carbocycles. The van der Waals surface area contributed by atoms with Crippen LogP contribution in [0.4, 0.5) is 4.79 Å². The van der Waals surface area contributed by atoms with Gasteiger partial charge in [-0.25, -0.2) is 18.5 Å². The highest BCUT2D eigenvalue weighted by molar-refractivity contribution is 7.49. The zero-order valence-electron chi connectivity index (χ0n) is 80.0. The third kappa shape index (κ3) is 82.9. The fourth-order valence-corrected chi connectivity index (χ4v) is 16.8. The van der Waals surface area contributed by atoms with Gasteiger partial charge in [-0.05, 0) is 74.4 Å². The Morgan fingerprint density at radius 2 is 0.555 bits per heavy atom. The molecule has 0 bridgehead atoms. The van der Waals surface area contributed by atoms with Gasteiger partial charge >= 0.3 is 47.4 Å². The van der Waals surface area contributed by atoms with Gasteiger partial charge in [0.2, 0.25) is 0 Å². The molecular formula is C91H175N12O22P3. The van der Waals surface area contributed by atoms with Crippen molar-refractivity contribution in [3.63, 3.8) is 0 Å². The number of hydrogen-bond donors (Lipinski definition) is 3. The Balaban J connectivity index is 0. The number of azide groups is 3. The molecule has 0 aromatic rings. The summed E-state index contributed by atoms with van der Waals surface area (Å²) in [5.41, 5.74) is 32.9. The van der Waals surface area contributed by atoms with Crippen LogP contribution < -0.4 is 16.4 Å². The second kappa shape index (κ2) is 93.8. The zero-order valence-corrected chi connectivity index (χ0v) is 82.7. The van der Waals surface area contributed by atoms with E-state index >= 15 is 0 Å². The minimum atomic E-state index is -4.27. The minimum absolute atomic E-state index is 0.0191. The molecule has 4 N–H and O–H groups in total. The van der Waals surface area contributed by atoms with Crippen LogP contribution >= 0.6 is 23.5 Å². The topological polar surface area (TPSA) is 454 Å². The summed E-state index contributed by atoms with van der Waals surface area (Å²) in [5.74, 6) is -0.553. The highest BCUT2D eigenvalue weighted by Crippen LogP contribution is 2.51. The van der Waals surface area contributed by atoms with Crippen LogP contribution in [-0.2, 0) is 97.2 Å². The number of esters is 3. The molecule has 0 saturated heterocycles. The maximum atomic E-state index is 13.6. The van der Waals surface area contributed by atoms with Crippen molar-refractivity contribution in [2.75, 3.05) is 119 Å². The third-order valence-electron chi connectivity index (χ3n) is 20.5. The number of unbranched alkanes of at least 4 members (excludes halogenated alkanes) is 36. The standard InChI is InChI=1S/C61H116N8O15P2.C30H59N4O7P/c1-7-13-17-21-23-25-27-31-35-39-59(70)83-57(37-33-29-19-15-9-3)41-47-75-51-55(66-68-62)53-81-85(73,77-45-11-5)79-49-43-64-61(72)65-44-50-80-86(74,78-46-12-6)82-54-56(67-69-63)52-76-48-42-58(38-34-30-20-16-10-4)84-60(71)40-36-32-28-26-24-22-18-14-8-2;1-4-7-9-11-12-13-14-16-18-20-30(35)41-29(19-17-15-10-8-5-2)21-24-37-26-28(33-34-32)27-40-42(36,38-23-6-3)39-25-22-31/h11-12,55-58H,5-10,13-54H2,1-4H3,(H2,64,65,72);6,28-29H,3-5,7-27,31H2,1-2H3/t55-,56-,57-,58-,85?,86?;28-,29-,42?/m11/s1. The number of nitrogens with two attached hydrogens (primary N) is 1. The lowest BCUT2D eigenvalue weighted by Gasteiger charge is -2.21. The molecule has 0 aliphatic heterocycles. The van der Waals surface area contributed by atoms with Gasteiger partial charge in [0.05, 0.1) is 117 Å². The van der Waals surface area contributed by atoms with E-state index in [2.05, 4.69) is 102 Å². The van der Waals surface area contributed by atoms with Crippen LogP contribution in [-0.4, -0.2) is 179 Å². The maximum absolute atomic E-state index is 13.6. The van der Waals surface area contributed by atoms with Gasteiger partial charge in [0.25, 0.3) is 0 Å². The summed E-state index contributed by atoms with van der Waals surface area (Å²) in [5, 5.41) is 16.2. The van der Waals surface area contributed by atoms with Crippen molar-refractivity contribution in [3.05, 3.63) is 69.3 Å². The van der Waals surface area contributed by atoms with E-state index in [1.54, 1.807) is 0 Å². The predicted octanol–water partition coefficient (Wildman–Crippen LogP) is 26.1. The third-order valence-corrected chi connectivity index (χ3v) is 24.8. The van der Waals surface area contributed by atoms with E-state index in [0.29, 0.717) is 45.1 Å². The van der Waals surface area contributed by atoms with E-state index < -0.39 is 47.6 Å². The number of nitrogens with zero attached hydrogens (tertiary/aromatic N) is 9. The first-order chi connectivity index (χ1) is 62.3. The van der Waals surface area contributed by atoms with Gasteiger partial charge in [0, 0.05) is 72.9 Å². The number of phosphoric ester groups is 3. The molecule has 0 fully saturated rings. The lowest BCUT2D eigenvalue weighted by molar-refractivity contribution is -0.151. The summed E-state index contributed by atoms with van der Waals surface area (Å²) in [4.78, 5) is 59.5. The number of ether oxygens (including phenoxy) is 6. The first kappa shape index (κ1) is 125. The molecule has 0 spiro atoms. The molecule has 0 aromatic carbocycles. The van der Waals surface area contributed by atoms with Crippen LogP contribution in [0, 0.1) is 0 Å². The summed E-state index contributed by atoms with van der Waals surface area (Å²) in [6, 6.07) is -3.26. The van der Waals surface area contributed by atoms with E-state index in [-0.39, 0.29) is 148 Å². The minimum Gasteiger partial charge on any atom is -0.462 e. The molecule has 34 nitrogen and oxygen atoms in total. The molecule has 9 atom stereocenters. The largest absolute Gasteiger partial charge is 0.475 e. The number of carbonyl (C=O) groups excluding carboxylic acids is 4. The Kier molecular flexibility index (Phi) is 91.6. The molecule has 0 heterocycles. The normalized spacial score (nSPS) is 14.1. The first-order valence-corrected chi connectivity index (χ1v) is 53.3. The highest BCUT2D eigenvalue weighted by Gasteiger charge is 2.32. The number of carbonyl (C=O) groups is 4. The highest BCUT2D eigenvalue weighted by atomic mass is 31.2. The average molecular weight is 1880 g/mol. The second-order valence-electron chi connectivity index (χ2n) is 32.3. The summed E-state index contributed by atoms with van der Waals surface area (Å²) in [6.07, 6.45) is 56.3. The molecule has 746 valence electrons. The number of hydrogen-bond acceptors (Lipinski definition) is 26. The number of nitrogens with one attached hydrogen (secondary N) is 2. The summed E-state index contributed by atoms with van der Waals surface area (Å²) in [7, 11) is -12.4. The summed E-state index contributed by atoms with van der Waals surface area (Å²) < 4.78 is 123. The van der Waals surface area contributed by atoms with Gasteiger partial charge in [0.1, 0.15) is 18.3 Å². The Hall–Kier alpha value is -5.00. The number of urea groups is 1. The SMILES string of the molecule is C=CCOP(=O)(OCCN)OC[C@@H](COCC[C@@H](CCCCCCC)OC(=O)CCCCCCCCCCC)N=[N+]=[N-].C=CCOP(=O)(OCCNC(=O)NCCOP(=O)(OCC=C)OC[C@@H](COCC[C@@H](CCCCCCC)OC(=O)CCCCCCCCCCC)N=[N+]=[N-])OC[C@@H](COCC[C@@H](CCCCCCC)OC(=O)CCCCCCCCCCC)N=[N+]=[N-]. The van der Waals surface area contributed by atoms with Crippen LogP contribution in [0.15, 0.2) is 53.3 Å². The Labute approximate surface area is 770 Å². The lowest BCUT2D eigenvalue weighted by Crippen LogP contribution is -2.38. The number of phosphoric acid groups is 3. The lowest BCUT2D eigenvalue weighted by atomic mass is 10.1. The zero-order chi connectivity index (χ0) is 94.4. The molecule has 0 aromatic heterocycles. The van der Waals surface area contributed by atoms with Crippen molar-refractivity contribution in [2.24, 2.45) is 21.1 Å². The number of amides is 2. The number of rotatable bonds is 98. The molecule has 0 radical (unpaired) electrons. The Morgan fingerprint density at radius 1 is 0.320 bits per heavy atom. The van der Waals surface area contributed by atoms with Crippen LogP contribution in [0.3, 0.4) is 0 Å². The average Bonchev–Trinajstić information content (AvgIpc) is 0.899. The molecule has 0 rings (SSSR count). The van der Waals surface area contributed by atoms with Gasteiger partial charge in [-0.1, -0.05) is 306 Å². The molecule has 3 unspecified atom stereocenters. The van der Waals surface area contributed by atoms with Crippen LogP contribution in [0.2, 0.25) is 0 Å². The molecule has 0 aliphatic carbocycles. The van der Waals surface area contributed by atoms with Crippen molar-refractivity contribution >= 4 is 47.4 Å². The van der Waals surface area contributed by atoms with E-state index in [1.807, 2.05) is 0 Å². The van der Waals surface area contributed by atoms with E-state index in [0.717, 1.165) is 148 Å². The van der Waals surface area contributed by atoms with Crippen molar-refractivity contribution in [1.82, 2.24) is 10.6 Å².